The molecule has 1 fully saturated rings. The number of hydrogen-bond donors (Lipinski definition) is 0. The maximum absolute atomic E-state index is 11.0. The van der Waals surface area contributed by atoms with E-state index in [1.54, 1.807) is 18.5 Å². The van der Waals surface area contributed by atoms with Gasteiger partial charge in [-0.1, -0.05) is 0 Å². The molecule has 74 valence electrons. The van der Waals surface area contributed by atoms with Crippen LogP contribution in [0.4, 0.5) is 0 Å². The van der Waals surface area contributed by atoms with Gasteiger partial charge in [0.05, 0.1) is 6.20 Å². The lowest BCUT2D eigenvalue weighted by molar-refractivity contribution is -0.151. The highest BCUT2D eigenvalue weighted by Gasteiger charge is 2.41. The molecule has 14 heavy (non-hydrogen) atoms. The van der Waals surface area contributed by atoms with Gasteiger partial charge in [0.15, 0.2) is 11.9 Å². The number of Topliss-reactive ketones (excluding diaryl/α,β-unsaturated/α-hetero) is 1. The lowest BCUT2D eigenvalue weighted by atomic mass is 9.90. The predicted octanol–water partition coefficient (Wildman–Crippen LogP) is 0.817. The molecule has 0 saturated heterocycles. The zero-order valence-electron chi connectivity index (χ0n) is 7.84. The number of pyridine rings is 1. The number of carbonyl (C=O) groups excluding carboxylic acids is 1. The number of ketones is 1. The average molecular weight is 193 g/mol. The van der Waals surface area contributed by atoms with Crippen LogP contribution in [-0.2, 0) is 9.53 Å². The van der Waals surface area contributed by atoms with Gasteiger partial charge in [-0.05, 0) is 12.1 Å². The van der Waals surface area contributed by atoms with E-state index >= 15 is 0 Å². The normalized spacial score (nSPS) is 25.6. The van der Waals surface area contributed by atoms with E-state index in [4.69, 9.17) is 9.47 Å². The van der Waals surface area contributed by atoms with Gasteiger partial charge in [0.25, 0.3) is 0 Å². The van der Waals surface area contributed by atoms with Crippen molar-refractivity contribution in [1.82, 2.24) is 4.98 Å². The summed E-state index contributed by atoms with van der Waals surface area (Å²) >= 11 is 0. The average Bonchev–Trinajstić information content (AvgIpc) is 2.19. The minimum Gasteiger partial charge on any atom is -0.485 e. The highest BCUT2D eigenvalue weighted by Crippen LogP contribution is 2.24. The van der Waals surface area contributed by atoms with Gasteiger partial charge in [0.1, 0.15) is 11.9 Å². The first-order valence-corrected chi connectivity index (χ1v) is 4.43. The Kier molecular flexibility index (Phi) is 2.45. The second-order valence-electron chi connectivity index (χ2n) is 3.17. The summed E-state index contributed by atoms with van der Waals surface area (Å²) in [6.07, 6.45) is 3.15. The molecule has 1 saturated carbocycles. The highest BCUT2D eigenvalue weighted by molar-refractivity contribution is 5.90. The molecule has 0 aromatic carbocycles. The van der Waals surface area contributed by atoms with Gasteiger partial charge >= 0.3 is 0 Å². The van der Waals surface area contributed by atoms with E-state index in [-0.39, 0.29) is 11.9 Å². The molecule has 1 aliphatic rings. The van der Waals surface area contributed by atoms with E-state index in [1.807, 2.05) is 6.07 Å². The Morgan fingerprint density at radius 2 is 2.43 bits per heavy atom. The van der Waals surface area contributed by atoms with Gasteiger partial charge in [-0.25, -0.2) is 0 Å². The highest BCUT2D eigenvalue weighted by atomic mass is 16.5. The molecule has 2 atom stereocenters. The van der Waals surface area contributed by atoms with Gasteiger partial charge in [-0.2, -0.15) is 0 Å². The molecule has 0 spiro atoms. The smallest absolute Gasteiger partial charge is 0.169 e. The zero-order valence-corrected chi connectivity index (χ0v) is 7.84. The Bertz CT molecular complexity index is 325. The quantitative estimate of drug-likeness (QED) is 0.713. The van der Waals surface area contributed by atoms with Crippen molar-refractivity contribution in [2.75, 3.05) is 7.11 Å². The first-order valence-electron chi connectivity index (χ1n) is 4.43. The van der Waals surface area contributed by atoms with E-state index in [0.717, 1.165) is 0 Å². The Morgan fingerprint density at radius 3 is 3.00 bits per heavy atom. The summed E-state index contributed by atoms with van der Waals surface area (Å²) in [7, 11) is 1.52. The predicted molar refractivity (Wildman–Crippen MR) is 49.1 cm³/mol. The minimum absolute atomic E-state index is 0.0985. The van der Waals surface area contributed by atoms with E-state index in [9.17, 15) is 4.79 Å². The van der Waals surface area contributed by atoms with Crippen LogP contribution in [0.15, 0.2) is 24.5 Å². The van der Waals surface area contributed by atoms with Gasteiger partial charge in [-0.3, -0.25) is 9.78 Å². The summed E-state index contributed by atoms with van der Waals surface area (Å²) in [5, 5.41) is 0. The minimum atomic E-state index is -0.407. The lowest BCUT2D eigenvalue weighted by Crippen LogP contribution is -2.51. The largest absolute Gasteiger partial charge is 0.485 e. The van der Waals surface area contributed by atoms with Crippen LogP contribution in [0.25, 0.3) is 0 Å². The Balaban J connectivity index is 1.97. The molecule has 0 aliphatic heterocycles. The molecule has 0 radical (unpaired) electrons. The van der Waals surface area contributed by atoms with Gasteiger partial charge in [0, 0.05) is 19.7 Å². The van der Waals surface area contributed by atoms with Crippen molar-refractivity contribution < 1.29 is 14.3 Å². The van der Waals surface area contributed by atoms with Crippen LogP contribution < -0.4 is 4.74 Å². The molecule has 2 unspecified atom stereocenters. The first kappa shape index (κ1) is 9.15. The molecule has 0 amide bonds. The third-order valence-electron chi connectivity index (χ3n) is 2.23. The van der Waals surface area contributed by atoms with E-state index in [2.05, 4.69) is 4.98 Å². The fraction of sp³-hybridized carbons (Fsp3) is 0.400. The van der Waals surface area contributed by atoms with Crippen molar-refractivity contribution in [2.45, 2.75) is 18.6 Å². The summed E-state index contributed by atoms with van der Waals surface area (Å²) in [5.74, 6) is 0.772. The van der Waals surface area contributed by atoms with Crippen molar-refractivity contribution in [3.63, 3.8) is 0 Å². The number of hydrogen-bond acceptors (Lipinski definition) is 4. The molecule has 0 bridgehead atoms. The van der Waals surface area contributed by atoms with Crippen LogP contribution in [0.3, 0.4) is 0 Å². The summed E-state index contributed by atoms with van der Waals surface area (Å²) in [6.45, 7) is 0. The summed E-state index contributed by atoms with van der Waals surface area (Å²) in [5.41, 5.74) is 0. The number of methoxy groups -OCH3 is 1. The Hall–Kier alpha value is -1.42. The molecule has 1 aromatic heterocycles. The Labute approximate surface area is 81.9 Å². The molecule has 1 aliphatic carbocycles. The van der Waals surface area contributed by atoms with E-state index in [1.165, 1.54) is 7.11 Å². The van der Waals surface area contributed by atoms with Crippen LogP contribution in [0, 0.1) is 0 Å². The van der Waals surface area contributed by atoms with Crippen molar-refractivity contribution in [2.24, 2.45) is 0 Å². The fourth-order valence-electron chi connectivity index (χ4n) is 1.45. The number of rotatable bonds is 3. The fourth-order valence-corrected chi connectivity index (χ4v) is 1.45. The third kappa shape index (κ3) is 1.61. The number of nitrogens with zero attached hydrogens (tertiary/aromatic N) is 1. The van der Waals surface area contributed by atoms with Gasteiger partial charge in [0.2, 0.25) is 0 Å². The van der Waals surface area contributed by atoms with Crippen LogP contribution in [0.1, 0.15) is 6.42 Å². The number of aromatic nitrogens is 1. The second-order valence-corrected chi connectivity index (χ2v) is 3.17. The van der Waals surface area contributed by atoms with Crippen LogP contribution >= 0.6 is 0 Å². The summed E-state index contributed by atoms with van der Waals surface area (Å²) < 4.78 is 10.5. The Morgan fingerprint density at radius 1 is 1.57 bits per heavy atom. The molecule has 0 N–H and O–H groups in total. The van der Waals surface area contributed by atoms with Crippen molar-refractivity contribution in [3.05, 3.63) is 24.5 Å². The SMILES string of the molecule is COC1C(=O)CC1Oc1cccnc1. The lowest BCUT2D eigenvalue weighted by Gasteiger charge is -2.33. The molecule has 1 heterocycles. The topological polar surface area (TPSA) is 48.4 Å². The third-order valence-corrected chi connectivity index (χ3v) is 2.23. The first-order chi connectivity index (χ1) is 6.81. The monoisotopic (exact) mass is 193 g/mol. The molecule has 4 nitrogen and oxygen atoms in total. The standard InChI is InChI=1S/C10H11NO3/c1-13-10-8(12)5-9(10)14-7-3-2-4-11-6-7/h2-4,6,9-10H,5H2,1H3. The maximum atomic E-state index is 11.0. The maximum Gasteiger partial charge on any atom is 0.169 e. The van der Waals surface area contributed by atoms with Gasteiger partial charge in [-0.15, -0.1) is 0 Å². The van der Waals surface area contributed by atoms with Gasteiger partial charge < -0.3 is 9.47 Å². The van der Waals surface area contributed by atoms with Crippen LogP contribution in [0.5, 0.6) is 5.75 Å². The molecule has 4 heteroatoms. The van der Waals surface area contributed by atoms with Crippen LogP contribution in [0.2, 0.25) is 0 Å². The number of ether oxygens (including phenoxy) is 2. The molecular formula is C10H11NO3. The van der Waals surface area contributed by atoms with E-state index in [0.29, 0.717) is 12.2 Å². The van der Waals surface area contributed by atoms with Crippen molar-refractivity contribution in [1.29, 1.82) is 0 Å². The number of carbonyl (C=O) groups is 1. The molecule has 1 aromatic rings. The van der Waals surface area contributed by atoms with E-state index < -0.39 is 6.10 Å². The second kappa shape index (κ2) is 3.75. The van der Waals surface area contributed by atoms with Crippen molar-refractivity contribution >= 4 is 5.78 Å². The molecule has 2 rings (SSSR count). The van der Waals surface area contributed by atoms with Crippen LogP contribution in [-0.4, -0.2) is 30.1 Å². The summed E-state index contributed by atoms with van der Waals surface area (Å²) in [6, 6.07) is 3.60. The molecular weight excluding hydrogens is 182 g/mol. The van der Waals surface area contributed by atoms with Crippen molar-refractivity contribution in [3.8, 4) is 5.75 Å². The summed E-state index contributed by atoms with van der Waals surface area (Å²) in [4.78, 5) is 15.0. The zero-order chi connectivity index (χ0) is 9.97.